The molecule has 0 bridgehead atoms. The lowest BCUT2D eigenvalue weighted by Gasteiger charge is -2.33. The van der Waals surface area contributed by atoms with Crippen molar-refractivity contribution in [3.05, 3.63) is 72.5 Å². The molecule has 8 heteroatoms. The van der Waals surface area contributed by atoms with E-state index in [1.165, 1.54) is 5.69 Å². The Labute approximate surface area is 218 Å². The molecule has 2 heterocycles. The highest BCUT2D eigenvalue weighted by Gasteiger charge is 2.25. The Morgan fingerprint density at radius 1 is 0.946 bits per heavy atom. The molecule has 1 saturated heterocycles. The van der Waals surface area contributed by atoms with Crippen LogP contribution in [0.3, 0.4) is 0 Å². The van der Waals surface area contributed by atoms with Gasteiger partial charge in [0.05, 0.1) is 0 Å². The zero-order valence-corrected chi connectivity index (χ0v) is 21.9. The molecule has 0 saturated carbocycles. The molecule has 0 spiro atoms. The Kier molecular flexibility index (Phi) is 7.66. The molecule has 4 rings (SSSR count). The Bertz CT molecular complexity index is 1250. The summed E-state index contributed by atoms with van der Waals surface area (Å²) in [6.07, 6.45) is 1.60. The highest BCUT2D eigenvalue weighted by molar-refractivity contribution is 5.99. The molecule has 2 aromatic carbocycles. The van der Waals surface area contributed by atoms with Crippen molar-refractivity contribution in [3.8, 4) is 0 Å². The molecule has 3 amide bonds. The molecular formula is C29H35N5O3. The van der Waals surface area contributed by atoms with Gasteiger partial charge in [0.15, 0.2) is 5.82 Å². The third-order valence-corrected chi connectivity index (χ3v) is 6.49. The fraction of sp³-hybridized carbons (Fsp3) is 0.345. The summed E-state index contributed by atoms with van der Waals surface area (Å²) in [4.78, 5) is 27.5. The molecule has 1 fully saturated rings. The van der Waals surface area contributed by atoms with Gasteiger partial charge in [0.2, 0.25) is 5.91 Å². The van der Waals surface area contributed by atoms with Crippen molar-refractivity contribution in [3.63, 3.8) is 0 Å². The van der Waals surface area contributed by atoms with Crippen LogP contribution in [0, 0.1) is 5.92 Å². The Balaban J connectivity index is 1.24. The second-order valence-corrected chi connectivity index (χ2v) is 10.6. The lowest BCUT2D eigenvalue weighted by atomic mass is 9.93. The van der Waals surface area contributed by atoms with Gasteiger partial charge in [-0.3, -0.25) is 10.1 Å². The number of urea groups is 1. The molecule has 1 aliphatic rings. The molecule has 194 valence electrons. The molecule has 1 aromatic heterocycles. The monoisotopic (exact) mass is 501 g/mol. The average Bonchev–Trinajstić information content (AvgIpc) is 3.34. The van der Waals surface area contributed by atoms with Crippen molar-refractivity contribution in [1.29, 1.82) is 0 Å². The molecule has 1 aliphatic heterocycles. The summed E-state index contributed by atoms with van der Waals surface area (Å²) in [7, 11) is 0. The van der Waals surface area contributed by atoms with Crippen molar-refractivity contribution < 1.29 is 14.1 Å². The number of aromatic nitrogens is 1. The third kappa shape index (κ3) is 6.78. The number of hydrogen-bond acceptors (Lipinski definition) is 5. The summed E-state index contributed by atoms with van der Waals surface area (Å²) in [5, 5.41) is 12.3. The maximum absolute atomic E-state index is 12.8. The number of allylic oxidation sites excluding steroid dienone is 1. The fourth-order valence-corrected chi connectivity index (χ4v) is 4.20. The summed E-state index contributed by atoms with van der Waals surface area (Å²) in [5.74, 6) is 1.03. The first-order valence-electron chi connectivity index (χ1n) is 12.6. The molecule has 0 radical (unpaired) electrons. The van der Waals surface area contributed by atoms with E-state index in [1.807, 2.05) is 27.7 Å². The van der Waals surface area contributed by atoms with E-state index in [0.717, 1.165) is 37.1 Å². The van der Waals surface area contributed by atoms with Gasteiger partial charge in [-0.05, 0) is 61.7 Å². The lowest BCUT2D eigenvalue weighted by molar-refractivity contribution is -0.120. The van der Waals surface area contributed by atoms with E-state index in [0.29, 0.717) is 23.0 Å². The summed E-state index contributed by atoms with van der Waals surface area (Å²) >= 11 is 0. The predicted octanol–water partition coefficient (Wildman–Crippen LogP) is 6.50. The topological polar surface area (TPSA) is 99.5 Å². The molecular weight excluding hydrogens is 466 g/mol. The number of rotatable bonds is 6. The van der Waals surface area contributed by atoms with E-state index < -0.39 is 6.03 Å². The zero-order valence-electron chi connectivity index (χ0n) is 21.9. The number of hydrogen-bond donors (Lipinski definition) is 3. The van der Waals surface area contributed by atoms with Crippen LogP contribution in [-0.2, 0) is 10.2 Å². The van der Waals surface area contributed by atoms with E-state index in [2.05, 4.69) is 56.9 Å². The van der Waals surface area contributed by atoms with Crippen LogP contribution in [0.5, 0.6) is 0 Å². The number of amides is 3. The average molecular weight is 502 g/mol. The number of piperidine rings is 1. The van der Waals surface area contributed by atoms with Gasteiger partial charge < -0.3 is 20.1 Å². The molecule has 3 aromatic rings. The summed E-state index contributed by atoms with van der Waals surface area (Å²) in [6, 6.07) is 16.8. The first kappa shape index (κ1) is 26.0. The van der Waals surface area contributed by atoms with Crippen molar-refractivity contribution >= 4 is 40.4 Å². The number of nitrogens with zero attached hydrogens (tertiary/aromatic N) is 2. The van der Waals surface area contributed by atoms with Gasteiger partial charge in [0, 0.05) is 47.6 Å². The molecule has 3 N–H and O–H groups in total. The minimum atomic E-state index is -0.424. The number of nitrogens with one attached hydrogen (secondary N) is 3. The van der Waals surface area contributed by atoms with E-state index in [9.17, 15) is 9.59 Å². The van der Waals surface area contributed by atoms with Gasteiger partial charge in [0.25, 0.3) is 0 Å². The minimum Gasteiger partial charge on any atom is -0.371 e. The van der Waals surface area contributed by atoms with E-state index in [1.54, 1.807) is 30.3 Å². The van der Waals surface area contributed by atoms with Gasteiger partial charge in [-0.15, -0.1) is 0 Å². The Morgan fingerprint density at radius 2 is 1.54 bits per heavy atom. The van der Waals surface area contributed by atoms with Crippen molar-refractivity contribution in [1.82, 2.24) is 5.16 Å². The van der Waals surface area contributed by atoms with Crippen molar-refractivity contribution in [2.75, 3.05) is 33.9 Å². The van der Waals surface area contributed by atoms with E-state index in [4.69, 9.17) is 4.52 Å². The molecule has 0 aliphatic carbocycles. The first-order valence-corrected chi connectivity index (χ1v) is 12.6. The maximum atomic E-state index is 12.8. The van der Waals surface area contributed by atoms with Gasteiger partial charge in [-0.25, -0.2) is 4.79 Å². The summed E-state index contributed by atoms with van der Waals surface area (Å²) < 4.78 is 5.28. The van der Waals surface area contributed by atoms with Crippen LogP contribution in [0.4, 0.5) is 27.7 Å². The third-order valence-electron chi connectivity index (χ3n) is 6.49. The molecule has 0 unspecified atom stereocenters. The van der Waals surface area contributed by atoms with E-state index >= 15 is 0 Å². The van der Waals surface area contributed by atoms with Gasteiger partial charge in [-0.2, -0.15) is 0 Å². The van der Waals surface area contributed by atoms with Gasteiger partial charge in [0.1, 0.15) is 5.76 Å². The van der Waals surface area contributed by atoms with Crippen LogP contribution >= 0.6 is 0 Å². The standard InChI is InChI=1S/C29H35N5O3/c1-19(2)20-6-12-24(13-7-20)34-16-14-21(15-17-34)27(35)30-22-8-10-23(11-9-22)31-28(36)32-26-18-25(37-33-26)29(3,4)5/h6-13,18,21H,1,14-17H2,2-5H3,(H,30,35)(H2,31,32,33,36). The molecule has 0 atom stereocenters. The quantitative estimate of drug-likeness (QED) is 0.358. The second-order valence-electron chi connectivity index (χ2n) is 10.6. The van der Waals surface area contributed by atoms with Crippen molar-refractivity contribution in [2.45, 2.75) is 46.0 Å². The number of anilines is 4. The van der Waals surface area contributed by atoms with Crippen LogP contribution in [-0.4, -0.2) is 30.2 Å². The molecule has 37 heavy (non-hydrogen) atoms. The lowest BCUT2D eigenvalue weighted by Crippen LogP contribution is -2.38. The summed E-state index contributed by atoms with van der Waals surface area (Å²) in [5.41, 5.74) is 4.47. The molecule has 8 nitrogen and oxygen atoms in total. The predicted molar refractivity (Wildman–Crippen MR) is 149 cm³/mol. The summed E-state index contributed by atoms with van der Waals surface area (Å²) in [6.45, 7) is 13.7. The smallest absolute Gasteiger partial charge is 0.324 e. The van der Waals surface area contributed by atoms with E-state index in [-0.39, 0.29) is 17.2 Å². The largest absolute Gasteiger partial charge is 0.371 e. The minimum absolute atomic E-state index is 0.0245. The van der Waals surface area contributed by atoms with Crippen LogP contribution in [0.15, 0.2) is 65.7 Å². The SMILES string of the molecule is C=C(C)c1ccc(N2CCC(C(=O)Nc3ccc(NC(=O)Nc4cc(C(C)(C)C)on4)cc3)CC2)cc1. The van der Waals surface area contributed by atoms with Crippen LogP contribution in [0.2, 0.25) is 0 Å². The van der Waals surface area contributed by atoms with Gasteiger partial charge >= 0.3 is 6.03 Å². The van der Waals surface area contributed by atoms with Crippen LogP contribution < -0.4 is 20.9 Å². The van der Waals surface area contributed by atoms with Crippen molar-refractivity contribution in [2.24, 2.45) is 5.92 Å². The Morgan fingerprint density at radius 3 is 2.08 bits per heavy atom. The number of benzene rings is 2. The van der Waals surface area contributed by atoms with Gasteiger partial charge in [-0.1, -0.05) is 50.2 Å². The Hall–Kier alpha value is -4.07. The zero-order chi connectivity index (χ0) is 26.6. The second kappa shape index (κ2) is 10.9. The number of carbonyl (C=O) groups excluding carboxylic acids is 2. The van der Waals surface area contributed by atoms with Crippen LogP contribution in [0.1, 0.15) is 51.9 Å². The normalized spacial score (nSPS) is 14.2. The fourth-order valence-electron chi connectivity index (χ4n) is 4.20. The maximum Gasteiger partial charge on any atom is 0.324 e. The highest BCUT2D eigenvalue weighted by Crippen LogP contribution is 2.27. The highest BCUT2D eigenvalue weighted by atomic mass is 16.5. The van der Waals surface area contributed by atoms with Crippen LogP contribution in [0.25, 0.3) is 5.57 Å². The number of carbonyl (C=O) groups is 2. The first-order chi connectivity index (χ1) is 17.6.